The standard InChI is InChI=1S/C7H4ClNO2S2/c8-4-1-2-6-5(3-4)9-7(12-6)13(10)11/h1-3H,(H,10,11)/p-1. The summed E-state index contributed by atoms with van der Waals surface area (Å²) >= 11 is 4.60. The molecule has 0 spiro atoms. The van der Waals surface area contributed by atoms with Gasteiger partial charge in [-0.15, -0.1) is 11.3 Å². The van der Waals surface area contributed by atoms with Gasteiger partial charge in [-0.3, -0.25) is 4.21 Å². The number of rotatable bonds is 1. The number of thiazole rings is 1. The molecular weight excluding hydrogens is 230 g/mol. The first kappa shape index (κ1) is 9.08. The van der Waals surface area contributed by atoms with Crippen molar-refractivity contribution in [1.82, 2.24) is 4.98 Å². The lowest BCUT2D eigenvalue weighted by molar-refractivity contribution is 0.536. The Morgan fingerprint density at radius 1 is 1.54 bits per heavy atom. The number of halogens is 1. The molecule has 0 saturated carbocycles. The number of aromatic nitrogens is 1. The van der Waals surface area contributed by atoms with Crippen LogP contribution in [0.1, 0.15) is 0 Å². The van der Waals surface area contributed by atoms with Gasteiger partial charge >= 0.3 is 0 Å². The van der Waals surface area contributed by atoms with Gasteiger partial charge in [-0.25, -0.2) is 4.98 Å². The number of hydrogen-bond acceptors (Lipinski definition) is 4. The number of fused-ring (bicyclic) bond motifs is 1. The third kappa shape index (κ3) is 1.73. The first-order chi connectivity index (χ1) is 6.16. The van der Waals surface area contributed by atoms with E-state index in [2.05, 4.69) is 4.98 Å². The third-order valence-electron chi connectivity index (χ3n) is 1.47. The van der Waals surface area contributed by atoms with Crippen LogP contribution >= 0.6 is 22.9 Å². The topological polar surface area (TPSA) is 53.0 Å². The van der Waals surface area contributed by atoms with Crippen LogP contribution in [0.4, 0.5) is 0 Å². The van der Waals surface area contributed by atoms with E-state index >= 15 is 0 Å². The Morgan fingerprint density at radius 2 is 2.31 bits per heavy atom. The fraction of sp³-hybridized carbons (Fsp3) is 0. The van der Waals surface area contributed by atoms with Crippen LogP contribution in [-0.2, 0) is 11.1 Å². The molecule has 68 valence electrons. The molecule has 13 heavy (non-hydrogen) atoms. The molecule has 0 aliphatic carbocycles. The van der Waals surface area contributed by atoms with Crippen LogP contribution in [0.2, 0.25) is 5.02 Å². The molecule has 1 aromatic carbocycles. The Balaban J connectivity index is 2.68. The average molecular weight is 233 g/mol. The van der Waals surface area contributed by atoms with E-state index in [4.69, 9.17) is 11.6 Å². The predicted molar refractivity (Wildman–Crippen MR) is 51.8 cm³/mol. The molecule has 1 unspecified atom stereocenters. The van der Waals surface area contributed by atoms with Gasteiger partial charge in [0.15, 0.2) is 4.34 Å². The minimum atomic E-state index is -2.25. The van der Waals surface area contributed by atoms with E-state index in [1.54, 1.807) is 18.2 Å². The zero-order valence-electron chi connectivity index (χ0n) is 6.19. The molecule has 0 fully saturated rings. The maximum Gasteiger partial charge on any atom is 0.168 e. The molecule has 0 amide bonds. The Hall–Kier alpha value is -0.490. The third-order valence-corrected chi connectivity index (χ3v) is 3.57. The minimum Gasteiger partial charge on any atom is -0.767 e. The number of hydrogen-bond donors (Lipinski definition) is 0. The second-order valence-corrected chi connectivity index (χ2v) is 4.91. The van der Waals surface area contributed by atoms with Crippen LogP contribution in [0.5, 0.6) is 0 Å². The molecule has 0 aliphatic rings. The van der Waals surface area contributed by atoms with Gasteiger partial charge in [0.25, 0.3) is 0 Å². The monoisotopic (exact) mass is 232 g/mol. The smallest absolute Gasteiger partial charge is 0.168 e. The molecule has 0 bridgehead atoms. The summed E-state index contributed by atoms with van der Waals surface area (Å²) in [6, 6.07) is 5.11. The van der Waals surface area contributed by atoms with Crippen LogP contribution in [-0.4, -0.2) is 13.7 Å². The van der Waals surface area contributed by atoms with Gasteiger partial charge in [0.2, 0.25) is 0 Å². The highest BCUT2D eigenvalue weighted by molar-refractivity contribution is 7.81. The molecule has 2 aromatic rings. The van der Waals surface area contributed by atoms with Gasteiger partial charge in [-0.05, 0) is 18.2 Å². The van der Waals surface area contributed by atoms with Crippen LogP contribution in [0.3, 0.4) is 0 Å². The maximum absolute atomic E-state index is 10.6. The van der Waals surface area contributed by atoms with Crippen molar-refractivity contribution in [2.75, 3.05) is 0 Å². The molecule has 6 heteroatoms. The second kappa shape index (κ2) is 3.34. The van der Waals surface area contributed by atoms with Crippen LogP contribution in [0, 0.1) is 0 Å². The minimum absolute atomic E-state index is 0.0947. The fourth-order valence-electron chi connectivity index (χ4n) is 0.951. The second-order valence-electron chi connectivity index (χ2n) is 2.33. The van der Waals surface area contributed by atoms with E-state index in [-0.39, 0.29) is 4.34 Å². The van der Waals surface area contributed by atoms with E-state index in [1.165, 1.54) is 0 Å². The average Bonchev–Trinajstić information content (AvgIpc) is 2.46. The summed E-state index contributed by atoms with van der Waals surface area (Å²) in [5.41, 5.74) is 0.622. The summed E-state index contributed by atoms with van der Waals surface area (Å²) in [4.78, 5) is 3.89. The van der Waals surface area contributed by atoms with Crippen LogP contribution in [0.25, 0.3) is 10.2 Å². The molecule has 1 heterocycles. The highest BCUT2D eigenvalue weighted by Crippen LogP contribution is 2.26. The van der Waals surface area contributed by atoms with Crippen molar-refractivity contribution in [2.45, 2.75) is 4.34 Å². The van der Waals surface area contributed by atoms with Gasteiger partial charge in [-0.1, -0.05) is 11.6 Å². The fourth-order valence-corrected chi connectivity index (χ4v) is 2.51. The molecule has 1 atom stereocenters. The lowest BCUT2D eigenvalue weighted by atomic mass is 10.3. The van der Waals surface area contributed by atoms with E-state index in [1.807, 2.05) is 0 Å². The van der Waals surface area contributed by atoms with E-state index in [0.29, 0.717) is 10.5 Å². The van der Waals surface area contributed by atoms with Gasteiger partial charge in [0, 0.05) is 16.1 Å². The van der Waals surface area contributed by atoms with Crippen LogP contribution in [0.15, 0.2) is 22.5 Å². The van der Waals surface area contributed by atoms with Crippen molar-refractivity contribution in [3.05, 3.63) is 23.2 Å². The quantitative estimate of drug-likeness (QED) is 0.709. The summed E-state index contributed by atoms with van der Waals surface area (Å²) in [6.45, 7) is 0. The molecular formula is C7H3ClNO2S2-. The van der Waals surface area contributed by atoms with Gasteiger partial charge in [0.05, 0.1) is 10.2 Å². The van der Waals surface area contributed by atoms with Crippen molar-refractivity contribution in [2.24, 2.45) is 0 Å². The summed E-state index contributed by atoms with van der Waals surface area (Å²) < 4.78 is 22.1. The Morgan fingerprint density at radius 3 is 3.00 bits per heavy atom. The predicted octanol–water partition coefficient (Wildman–Crippen LogP) is 2.19. The van der Waals surface area contributed by atoms with Gasteiger partial charge < -0.3 is 4.55 Å². The Labute approximate surface area is 85.7 Å². The van der Waals surface area contributed by atoms with Crippen molar-refractivity contribution in [3.63, 3.8) is 0 Å². The van der Waals surface area contributed by atoms with Crippen molar-refractivity contribution in [1.29, 1.82) is 0 Å². The van der Waals surface area contributed by atoms with Gasteiger partial charge in [0.1, 0.15) is 0 Å². The normalized spacial score (nSPS) is 13.4. The van der Waals surface area contributed by atoms with Gasteiger partial charge in [-0.2, -0.15) is 0 Å². The molecule has 0 radical (unpaired) electrons. The number of benzene rings is 1. The lowest BCUT2D eigenvalue weighted by Gasteiger charge is -1.95. The van der Waals surface area contributed by atoms with E-state index in [9.17, 15) is 8.76 Å². The summed E-state index contributed by atoms with van der Waals surface area (Å²) in [5, 5.41) is 0.557. The molecule has 0 saturated heterocycles. The molecule has 1 aromatic heterocycles. The van der Waals surface area contributed by atoms with Crippen LogP contribution < -0.4 is 0 Å². The highest BCUT2D eigenvalue weighted by Gasteiger charge is 2.03. The Bertz CT molecular complexity index is 482. The largest absolute Gasteiger partial charge is 0.767 e. The molecule has 0 aliphatic heterocycles. The molecule has 0 N–H and O–H groups in total. The number of nitrogens with zero attached hydrogens (tertiary/aromatic N) is 1. The zero-order chi connectivity index (χ0) is 9.42. The maximum atomic E-state index is 10.6. The van der Waals surface area contributed by atoms with Crippen molar-refractivity contribution >= 4 is 44.2 Å². The summed E-state index contributed by atoms with van der Waals surface area (Å²) in [6.07, 6.45) is 0. The lowest BCUT2D eigenvalue weighted by Crippen LogP contribution is -1.85. The van der Waals surface area contributed by atoms with Crippen molar-refractivity contribution < 1.29 is 8.76 Å². The van der Waals surface area contributed by atoms with E-state index in [0.717, 1.165) is 16.0 Å². The Kier molecular flexibility index (Phi) is 2.33. The summed E-state index contributed by atoms with van der Waals surface area (Å²) in [7, 11) is 0. The first-order valence-corrected chi connectivity index (χ1v) is 5.59. The van der Waals surface area contributed by atoms with Crippen molar-refractivity contribution in [3.8, 4) is 0 Å². The molecule has 2 rings (SSSR count). The highest BCUT2D eigenvalue weighted by atomic mass is 35.5. The first-order valence-electron chi connectivity index (χ1n) is 3.32. The molecule has 3 nitrogen and oxygen atoms in total. The zero-order valence-corrected chi connectivity index (χ0v) is 8.58. The van der Waals surface area contributed by atoms with E-state index < -0.39 is 11.1 Å². The summed E-state index contributed by atoms with van der Waals surface area (Å²) in [5.74, 6) is 0. The SMILES string of the molecule is O=S([O-])c1nc2cc(Cl)ccc2s1.